The highest BCUT2D eigenvalue weighted by Gasteiger charge is 2.48. The molecule has 4 bridgehead atoms. The average molecular weight is 699 g/mol. The standard InChI is InChI=1S/C46H51BN2Si2/c1-29-20-42-44-43(21-29)49-39-15-11-13-31-25-46(4,27-35(31)39)28-51(8,9)33-16-18-36(41(49)23-33)47(44)37-22-32(50(5,6)7)17-19-40(37)48(42)38-14-10-12-30-24-45(2,3)26-34(30)38/h10-23H,24-28H2,1-9H3. The van der Waals surface area contributed by atoms with Gasteiger partial charge in [-0.25, -0.2) is 0 Å². The van der Waals surface area contributed by atoms with Crippen LogP contribution in [-0.4, -0.2) is 22.9 Å². The van der Waals surface area contributed by atoms with Crippen LogP contribution < -0.4 is 36.6 Å². The molecule has 0 saturated carbocycles. The molecule has 0 saturated heterocycles. The number of benzene rings is 5. The van der Waals surface area contributed by atoms with E-state index in [1.807, 2.05) is 0 Å². The molecule has 0 fully saturated rings. The third kappa shape index (κ3) is 4.59. The molecule has 0 radical (unpaired) electrons. The Morgan fingerprint density at radius 2 is 1.27 bits per heavy atom. The summed E-state index contributed by atoms with van der Waals surface area (Å²) in [7, 11) is -3.34. The van der Waals surface area contributed by atoms with E-state index >= 15 is 0 Å². The minimum absolute atomic E-state index is 0.182. The van der Waals surface area contributed by atoms with Crippen molar-refractivity contribution in [3.05, 3.63) is 113 Å². The summed E-state index contributed by atoms with van der Waals surface area (Å²) in [6.45, 7) is 22.7. The third-order valence-electron chi connectivity index (χ3n) is 13.3. The fraction of sp³-hybridized carbons (Fsp3) is 0.348. The lowest BCUT2D eigenvalue weighted by Crippen LogP contribution is -2.63. The van der Waals surface area contributed by atoms with Crippen LogP contribution in [0.4, 0.5) is 34.1 Å². The first kappa shape index (κ1) is 31.9. The van der Waals surface area contributed by atoms with Gasteiger partial charge in [-0.05, 0) is 130 Å². The zero-order chi connectivity index (χ0) is 35.4. The van der Waals surface area contributed by atoms with Crippen LogP contribution in [0.2, 0.25) is 38.8 Å². The Labute approximate surface area is 308 Å². The SMILES string of the molecule is Cc1cc2c3c(c1)N1c4cc(ccc4B3c3cc([Si](C)(C)C)ccc3N2c2cccc3c2CC(C)(C)C3)[Si](C)(C)CC2(C)Cc3cccc1c3C2. The molecule has 1 unspecified atom stereocenters. The minimum Gasteiger partial charge on any atom is -0.311 e. The Morgan fingerprint density at radius 3 is 1.96 bits per heavy atom. The first-order valence-corrected chi connectivity index (χ1v) is 26.1. The van der Waals surface area contributed by atoms with E-state index in [9.17, 15) is 0 Å². The molecule has 3 aliphatic heterocycles. The molecule has 5 aromatic rings. The van der Waals surface area contributed by atoms with Crippen molar-refractivity contribution >= 4 is 83.7 Å². The molecule has 51 heavy (non-hydrogen) atoms. The molecule has 0 N–H and O–H groups in total. The number of hydrogen-bond acceptors (Lipinski definition) is 2. The highest BCUT2D eigenvalue weighted by atomic mass is 28.3. The van der Waals surface area contributed by atoms with Gasteiger partial charge in [0.1, 0.15) is 0 Å². The smallest absolute Gasteiger partial charge is 0.252 e. The number of hydrogen-bond donors (Lipinski definition) is 0. The lowest BCUT2D eigenvalue weighted by Gasteiger charge is -2.46. The second-order valence-electron chi connectivity index (χ2n) is 19.7. The first-order chi connectivity index (χ1) is 24.1. The van der Waals surface area contributed by atoms with Crippen molar-refractivity contribution in [3.63, 3.8) is 0 Å². The molecule has 3 heterocycles. The van der Waals surface area contributed by atoms with E-state index in [1.54, 1.807) is 21.5 Å². The van der Waals surface area contributed by atoms with Crippen LogP contribution in [0.5, 0.6) is 0 Å². The van der Waals surface area contributed by atoms with Crippen molar-refractivity contribution < 1.29 is 0 Å². The lowest BCUT2D eigenvalue weighted by atomic mass is 9.33. The first-order valence-electron chi connectivity index (χ1n) is 19.4. The number of aryl methyl sites for hydroxylation is 1. The minimum atomic E-state index is -1.74. The maximum atomic E-state index is 2.73. The summed E-state index contributed by atoms with van der Waals surface area (Å²) >= 11 is 0. The summed E-state index contributed by atoms with van der Waals surface area (Å²) in [5.41, 5.74) is 20.8. The Balaban J connectivity index is 1.32. The highest BCUT2D eigenvalue weighted by molar-refractivity contribution is 7.01. The molecule has 5 aliphatic rings. The van der Waals surface area contributed by atoms with Crippen LogP contribution in [0.25, 0.3) is 0 Å². The molecule has 256 valence electrons. The fourth-order valence-corrected chi connectivity index (χ4v) is 16.1. The number of nitrogens with zero attached hydrogens (tertiary/aromatic N) is 2. The molecule has 1 atom stereocenters. The van der Waals surface area contributed by atoms with Crippen LogP contribution in [0.3, 0.4) is 0 Å². The number of fused-ring (bicyclic) bond motifs is 8. The van der Waals surface area contributed by atoms with Crippen LogP contribution in [0.1, 0.15) is 48.6 Å². The van der Waals surface area contributed by atoms with Gasteiger partial charge in [-0.2, -0.15) is 0 Å². The van der Waals surface area contributed by atoms with Gasteiger partial charge in [0, 0.05) is 34.1 Å². The van der Waals surface area contributed by atoms with Gasteiger partial charge in [0.15, 0.2) is 0 Å². The van der Waals surface area contributed by atoms with Gasteiger partial charge in [-0.3, -0.25) is 0 Å². The average Bonchev–Trinajstić information content (AvgIpc) is 3.56. The van der Waals surface area contributed by atoms with Crippen molar-refractivity contribution in [2.75, 3.05) is 9.80 Å². The second-order valence-corrected chi connectivity index (χ2v) is 29.5. The van der Waals surface area contributed by atoms with Crippen molar-refractivity contribution in [3.8, 4) is 0 Å². The van der Waals surface area contributed by atoms with Gasteiger partial charge < -0.3 is 9.80 Å². The summed E-state index contributed by atoms with van der Waals surface area (Å²) in [6, 6.07) is 36.0. The fourth-order valence-electron chi connectivity index (χ4n) is 11.2. The van der Waals surface area contributed by atoms with E-state index in [-0.39, 0.29) is 12.1 Å². The molecule has 5 aromatic carbocycles. The van der Waals surface area contributed by atoms with Crippen molar-refractivity contribution in [1.82, 2.24) is 0 Å². The molecule has 2 nitrogen and oxygen atoms in total. The Bertz CT molecular complexity index is 2350. The van der Waals surface area contributed by atoms with E-state index in [4.69, 9.17) is 0 Å². The zero-order valence-electron chi connectivity index (χ0n) is 32.1. The largest absolute Gasteiger partial charge is 0.311 e. The summed E-state index contributed by atoms with van der Waals surface area (Å²) in [5, 5.41) is 3.14. The van der Waals surface area contributed by atoms with Crippen molar-refractivity contribution in [1.29, 1.82) is 0 Å². The van der Waals surface area contributed by atoms with Crippen LogP contribution in [0, 0.1) is 17.8 Å². The normalized spacial score (nSPS) is 21.3. The maximum absolute atomic E-state index is 2.73. The number of anilines is 6. The second kappa shape index (κ2) is 10.2. The Morgan fingerprint density at radius 1 is 0.627 bits per heavy atom. The van der Waals surface area contributed by atoms with Gasteiger partial charge >= 0.3 is 0 Å². The van der Waals surface area contributed by atoms with Crippen LogP contribution in [0.15, 0.2) is 84.9 Å². The van der Waals surface area contributed by atoms with Crippen LogP contribution in [-0.2, 0) is 25.7 Å². The van der Waals surface area contributed by atoms with Crippen LogP contribution >= 0.6 is 0 Å². The summed E-state index contributed by atoms with van der Waals surface area (Å²) in [5.74, 6) is 0. The van der Waals surface area contributed by atoms with E-state index in [1.165, 1.54) is 86.1 Å². The van der Waals surface area contributed by atoms with E-state index < -0.39 is 16.1 Å². The monoisotopic (exact) mass is 698 g/mol. The summed E-state index contributed by atoms with van der Waals surface area (Å²) < 4.78 is 0. The van der Waals surface area contributed by atoms with Gasteiger partial charge in [-0.15, -0.1) is 0 Å². The predicted molar refractivity (Wildman–Crippen MR) is 227 cm³/mol. The van der Waals surface area contributed by atoms with Crippen molar-refractivity contribution in [2.24, 2.45) is 10.8 Å². The Hall–Kier alpha value is -3.80. The molecule has 0 spiro atoms. The Kier molecular flexibility index (Phi) is 6.38. The molecule has 0 amide bonds. The van der Waals surface area contributed by atoms with Gasteiger partial charge in [0.2, 0.25) is 0 Å². The third-order valence-corrected chi connectivity index (χ3v) is 18.9. The molecular formula is C46H51BN2Si2. The molecular weight excluding hydrogens is 648 g/mol. The molecule has 2 aliphatic carbocycles. The summed E-state index contributed by atoms with van der Waals surface area (Å²) in [4.78, 5) is 5.42. The van der Waals surface area contributed by atoms with Gasteiger partial charge in [0.25, 0.3) is 6.71 Å². The molecule has 10 rings (SSSR count). The number of rotatable bonds is 2. The lowest BCUT2D eigenvalue weighted by molar-refractivity contribution is 0.387. The zero-order valence-corrected chi connectivity index (χ0v) is 34.1. The van der Waals surface area contributed by atoms with E-state index in [2.05, 4.69) is 155 Å². The quantitative estimate of drug-likeness (QED) is 0.167. The topological polar surface area (TPSA) is 6.48 Å². The molecule has 0 aromatic heterocycles. The predicted octanol–water partition coefficient (Wildman–Crippen LogP) is 8.78. The van der Waals surface area contributed by atoms with Gasteiger partial charge in [-0.1, -0.05) is 112 Å². The maximum Gasteiger partial charge on any atom is 0.252 e. The summed E-state index contributed by atoms with van der Waals surface area (Å²) in [6.07, 6.45) is 4.61. The van der Waals surface area contributed by atoms with E-state index in [0.717, 1.165) is 12.8 Å². The molecule has 5 heteroatoms. The highest BCUT2D eigenvalue weighted by Crippen LogP contribution is 2.52. The van der Waals surface area contributed by atoms with E-state index in [0.29, 0.717) is 5.41 Å². The van der Waals surface area contributed by atoms with Crippen molar-refractivity contribution in [2.45, 2.75) is 92.2 Å². The van der Waals surface area contributed by atoms with Gasteiger partial charge in [0.05, 0.1) is 16.1 Å².